The van der Waals surface area contributed by atoms with Gasteiger partial charge in [0.25, 0.3) is 0 Å². The van der Waals surface area contributed by atoms with Crippen LogP contribution >= 0.6 is 11.6 Å². The maximum atomic E-state index is 11.7. The smallest absolute Gasteiger partial charge is 0.354 e. The number of aromatic amines is 1. The van der Waals surface area contributed by atoms with Gasteiger partial charge in [-0.15, -0.1) is 0 Å². The van der Waals surface area contributed by atoms with Crippen LogP contribution in [0.3, 0.4) is 0 Å². The highest BCUT2D eigenvalue weighted by Gasteiger charge is 2.18. The number of hydrogen-bond donors (Lipinski definition) is 2. The third-order valence-corrected chi connectivity index (χ3v) is 5.18. The molecule has 0 spiro atoms. The zero-order valence-electron chi connectivity index (χ0n) is 14.8. The number of carbonyl (C=O) groups is 1. The Kier molecular flexibility index (Phi) is 3.60. The van der Waals surface area contributed by atoms with E-state index in [4.69, 9.17) is 11.6 Å². The molecular weight excluding hydrogens is 374 g/mol. The number of H-pyrrole nitrogens is 1. The molecule has 136 valence electrons. The molecule has 0 aliphatic heterocycles. The summed E-state index contributed by atoms with van der Waals surface area (Å²) in [6, 6.07) is 16.8. The van der Waals surface area contributed by atoms with E-state index in [0.29, 0.717) is 16.4 Å². The van der Waals surface area contributed by atoms with Crippen molar-refractivity contribution in [2.24, 2.45) is 0 Å². The van der Waals surface area contributed by atoms with E-state index in [1.54, 1.807) is 12.1 Å². The van der Waals surface area contributed by atoms with Gasteiger partial charge in [0.1, 0.15) is 11.4 Å². The van der Waals surface area contributed by atoms with E-state index in [1.807, 2.05) is 49.4 Å². The molecule has 3 heterocycles. The first-order valence-electron chi connectivity index (χ1n) is 8.73. The standard InChI is InChI=1S/C22H14ClN3O2/c1-11-3-2-4-14-15-10-18(22(27)28)25-21(20(15)26-19(11)14)16-8-6-12-5-7-13(23)9-17(12)24-16/h2-10,26H,1H3,(H,27,28). The third-order valence-electron chi connectivity index (χ3n) is 4.95. The van der Waals surface area contributed by atoms with Crippen molar-refractivity contribution in [3.63, 3.8) is 0 Å². The van der Waals surface area contributed by atoms with E-state index >= 15 is 0 Å². The van der Waals surface area contributed by atoms with Gasteiger partial charge in [-0.2, -0.15) is 0 Å². The van der Waals surface area contributed by atoms with E-state index in [2.05, 4.69) is 15.0 Å². The summed E-state index contributed by atoms with van der Waals surface area (Å²) >= 11 is 6.11. The second kappa shape index (κ2) is 6.04. The summed E-state index contributed by atoms with van der Waals surface area (Å²) in [7, 11) is 0. The van der Waals surface area contributed by atoms with Crippen molar-refractivity contribution in [2.45, 2.75) is 6.92 Å². The molecule has 0 radical (unpaired) electrons. The molecule has 28 heavy (non-hydrogen) atoms. The van der Waals surface area contributed by atoms with Crippen molar-refractivity contribution in [3.8, 4) is 11.4 Å². The largest absolute Gasteiger partial charge is 0.477 e. The predicted molar refractivity (Wildman–Crippen MR) is 111 cm³/mol. The number of aromatic carboxylic acids is 1. The summed E-state index contributed by atoms with van der Waals surface area (Å²) in [5, 5.41) is 12.9. The molecule has 0 atom stereocenters. The van der Waals surface area contributed by atoms with E-state index in [-0.39, 0.29) is 5.69 Å². The van der Waals surface area contributed by atoms with E-state index < -0.39 is 5.97 Å². The number of benzene rings is 2. The molecule has 0 aliphatic carbocycles. The highest BCUT2D eigenvalue weighted by atomic mass is 35.5. The molecular formula is C22H14ClN3O2. The fraction of sp³-hybridized carbons (Fsp3) is 0.0455. The SMILES string of the molecule is Cc1cccc2c1[nH]c1c(-c3ccc4ccc(Cl)cc4n3)nc(C(=O)O)cc12. The number of hydrogen-bond acceptors (Lipinski definition) is 3. The highest BCUT2D eigenvalue weighted by Crippen LogP contribution is 2.34. The Balaban J connectivity index is 1.89. The van der Waals surface area contributed by atoms with Crippen LogP contribution in [-0.2, 0) is 0 Å². The molecule has 0 saturated heterocycles. The molecule has 0 aliphatic rings. The number of carboxylic acid groups (broad SMARTS) is 1. The number of para-hydroxylation sites is 1. The lowest BCUT2D eigenvalue weighted by Gasteiger charge is -2.06. The van der Waals surface area contributed by atoms with Crippen molar-refractivity contribution in [1.82, 2.24) is 15.0 Å². The van der Waals surface area contributed by atoms with Gasteiger partial charge in [0.05, 0.1) is 16.7 Å². The first-order chi connectivity index (χ1) is 13.5. The van der Waals surface area contributed by atoms with Gasteiger partial charge in [0.15, 0.2) is 0 Å². The lowest BCUT2D eigenvalue weighted by Crippen LogP contribution is -2.02. The quantitative estimate of drug-likeness (QED) is 0.413. The van der Waals surface area contributed by atoms with Crippen molar-refractivity contribution in [1.29, 1.82) is 0 Å². The summed E-state index contributed by atoms with van der Waals surface area (Å²) in [5.41, 5.74) is 4.62. The van der Waals surface area contributed by atoms with Crippen LogP contribution in [0.5, 0.6) is 0 Å². The molecule has 5 nitrogen and oxygen atoms in total. The Morgan fingerprint density at radius 2 is 1.82 bits per heavy atom. The molecule has 0 bridgehead atoms. The third kappa shape index (κ3) is 2.52. The fourth-order valence-electron chi connectivity index (χ4n) is 3.58. The second-order valence-corrected chi connectivity index (χ2v) is 7.18. The average Bonchev–Trinajstić information content (AvgIpc) is 3.07. The number of halogens is 1. The number of rotatable bonds is 2. The monoisotopic (exact) mass is 387 g/mol. The van der Waals surface area contributed by atoms with E-state index in [1.165, 1.54) is 0 Å². The van der Waals surface area contributed by atoms with Gasteiger partial charge in [0, 0.05) is 26.7 Å². The molecule has 5 aromatic rings. The zero-order valence-corrected chi connectivity index (χ0v) is 15.6. The molecule has 6 heteroatoms. The molecule has 2 N–H and O–H groups in total. The van der Waals surface area contributed by atoms with E-state index in [0.717, 1.165) is 38.3 Å². The summed E-state index contributed by atoms with van der Waals surface area (Å²) in [5.74, 6) is -1.08. The van der Waals surface area contributed by atoms with Gasteiger partial charge in [-0.05, 0) is 36.8 Å². The summed E-state index contributed by atoms with van der Waals surface area (Å²) in [6.07, 6.45) is 0. The maximum Gasteiger partial charge on any atom is 0.354 e. The molecule has 5 rings (SSSR count). The van der Waals surface area contributed by atoms with Crippen LogP contribution in [0.2, 0.25) is 5.02 Å². The van der Waals surface area contributed by atoms with Crippen LogP contribution in [0.15, 0.2) is 54.6 Å². The molecule has 0 fully saturated rings. The number of nitrogens with one attached hydrogen (secondary N) is 1. The van der Waals surface area contributed by atoms with Gasteiger partial charge >= 0.3 is 5.97 Å². The maximum absolute atomic E-state index is 11.7. The first-order valence-corrected chi connectivity index (χ1v) is 9.11. The lowest BCUT2D eigenvalue weighted by molar-refractivity contribution is 0.0691. The molecule has 3 aromatic heterocycles. The second-order valence-electron chi connectivity index (χ2n) is 6.74. The van der Waals surface area contributed by atoms with Gasteiger partial charge in [0.2, 0.25) is 0 Å². The molecule has 0 amide bonds. The van der Waals surface area contributed by atoms with Gasteiger partial charge in [-0.1, -0.05) is 41.9 Å². The van der Waals surface area contributed by atoms with Gasteiger partial charge in [-0.25, -0.2) is 14.8 Å². The molecule has 0 saturated carbocycles. The zero-order chi connectivity index (χ0) is 19.4. The predicted octanol–water partition coefficient (Wildman–Crippen LogP) is 5.59. The highest BCUT2D eigenvalue weighted by molar-refractivity contribution is 6.31. The normalized spacial score (nSPS) is 11.5. The number of pyridine rings is 2. The minimum absolute atomic E-state index is 0.0158. The minimum Gasteiger partial charge on any atom is -0.477 e. The fourth-order valence-corrected chi connectivity index (χ4v) is 3.75. The van der Waals surface area contributed by atoms with Gasteiger partial charge < -0.3 is 10.1 Å². The number of aryl methyl sites for hydroxylation is 1. The Labute approximate surface area is 164 Å². The van der Waals surface area contributed by atoms with Crippen LogP contribution in [0.1, 0.15) is 16.1 Å². The Bertz CT molecular complexity index is 1420. The van der Waals surface area contributed by atoms with Crippen LogP contribution < -0.4 is 0 Å². The number of nitrogens with zero attached hydrogens (tertiary/aromatic N) is 2. The lowest BCUT2D eigenvalue weighted by atomic mass is 10.1. The van der Waals surface area contributed by atoms with Crippen molar-refractivity contribution in [2.75, 3.05) is 0 Å². The van der Waals surface area contributed by atoms with Crippen LogP contribution in [-0.4, -0.2) is 26.0 Å². The number of fused-ring (bicyclic) bond motifs is 4. The minimum atomic E-state index is -1.08. The van der Waals surface area contributed by atoms with E-state index in [9.17, 15) is 9.90 Å². The van der Waals surface area contributed by atoms with Gasteiger partial charge in [-0.3, -0.25) is 0 Å². The van der Waals surface area contributed by atoms with Crippen molar-refractivity contribution in [3.05, 3.63) is 70.9 Å². The van der Waals surface area contributed by atoms with Crippen LogP contribution in [0.4, 0.5) is 0 Å². The van der Waals surface area contributed by atoms with Crippen molar-refractivity contribution >= 4 is 50.3 Å². The molecule has 2 aromatic carbocycles. The van der Waals surface area contributed by atoms with Crippen molar-refractivity contribution < 1.29 is 9.90 Å². The number of carboxylic acids is 1. The summed E-state index contributed by atoms with van der Waals surface area (Å²) in [4.78, 5) is 24.2. The Morgan fingerprint density at radius 3 is 2.64 bits per heavy atom. The Morgan fingerprint density at radius 1 is 1.00 bits per heavy atom. The topological polar surface area (TPSA) is 78.9 Å². The summed E-state index contributed by atoms with van der Waals surface area (Å²) < 4.78 is 0. The summed E-state index contributed by atoms with van der Waals surface area (Å²) in [6.45, 7) is 2.01. The van der Waals surface area contributed by atoms with Crippen LogP contribution in [0, 0.1) is 6.92 Å². The Hall–Kier alpha value is -3.44. The molecule has 0 unspecified atom stereocenters. The first kappa shape index (κ1) is 16.7. The van der Waals surface area contributed by atoms with Crippen LogP contribution in [0.25, 0.3) is 44.1 Å². The number of aromatic nitrogens is 3. The average molecular weight is 388 g/mol.